The largest absolute Gasteiger partial charge is 0.474 e. The summed E-state index contributed by atoms with van der Waals surface area (Å²) < 4.78 is 0. The van der Waals surface area contributed by atoms with Crippen LogP contribution in [0.5, 0.6) is 0 Å². The molecule has 0 radical (unpaired) electrons. The van der Waals surface area contributed by atoms with Gasteiger partial charge in [-0.25, -0.2) is 4.79 Å². The van der Waals surface area contributed by atoms with Crippen LogP contribution in [-0.4, -0.2) is 47.9 Å². The van der Waals surface area contributed by atoms with Crippen molar-refractivity contribution in [1.82, 2.24) is 10.2 Å². The fraction of sp³-hybridized carbons (Fsp3) is 0.667. The molecule has 1 aliphatic heterocycles. The van der Waals surface area contributed by atoms with Gasteiger partial charge in [-0.15, -0.1) is 0 Å². The monoisotopic (exact) mass is 214 g/mol. The first-order valence-corrected chi connectivity index (χ1v) is 4.65. The molecule has 15 heavy (non-hydrogen) atoms. The zero-order valence-electron chi connectivity index (χ0n) is 8.74. The molecule has 84 valence electrons. The summed E-state index contributed by atoms with van der Waals surface area (Å²) in [5.41, 5.74) is -0.667. The molecule has 0 spiro atoms. The third kappa shape index (κ3) is 2.08. The van der Waals surface area contributed by atoms with Crippen molar-refractivity contribution >= 4 is 17.8 Å². The van der Waals surface area contributed by atoms with Crippen molar-refractivity contribution in [3.05, 3.63) is 0 Å². The van der Waals surface area contributed by atoms with Gasteiger partial charge < -0.3 is 15.3 Å². The van der Waals surface area contributed by atoms with Crippen LogP contribution >= 0.6 is 0 Å². The Balaban J connectivity index is 2.70. The first kappa shape index (κ1) is 11.5. The topological polar surface area (TPSA) is 86.7 Å². The van der Waals surface area contributed by atoms with E-state index < -0.39 is 17.3 Å². The van der Waals surface area contributed by atoms with Crippen LogP contribution < -0.4 is 5.32 Å². The number of hydrogen-bond donors (Lipinski definition) is 2. The number of carbonyl (C=O) groups excluding carboxylic acids is 2. The number of aliphatic carboxylic acids is 1. The third-order valence-electron chi connectivity index (χ3n) is 2.72. The smallest absolute Gasteiger partial charge is 0.394 e. The van der Waals surface area contributed by atoms with Gasteiger partial charge in [-0.05, 0) is 13.3 Å². The fourth-order valence-electron chi connectivity index (χ4n) is 1.76. The van der Waals surface area contributed by atoms with Crippen molar-refractivity contribution in [2.24, 2.45) is 5.41 Å². The van der Waals surface area contributed by atoms with Gasteiger partial charge in [-0.1, -0.05) is 0 Å². The van der Waals surface area contributed by atoms with Crippen LogP contribution in [0.4, 0.5) is 0 Å². The minimum Gasteiger partial charge on any atom is -0.474 e. The second-order valence-electron chi connectivity index (χ2n) is 3.92. The van der Waals surface area contributed by atoms with Gasteiger partial charge in [0.15, 0.2) is 0 Å². The molecule has 0 aromatic heterocycles. The van der Waals surface area contributed by atoms with E-state index in [1.54, 1.807) is 6.92 Å². The van der Waals surface area contributed by atoms with Crippen LogP contribution in [-0.2, 0) is 14.4 Å². The van der Waals surface area contributed by atoms with Gasteiger partial charge in [0.25, 0.3) is 0 Å². The second kappa shape index (κ2) is 3.88. The lowest BCUT2D eigenvalue weighted by atomic mass is 9.89. The van der Waals surface area contributed by atoms with Gasteiger partial charge >= 0.3 is 11.9 Å². The quantitative estimate of drug-likeness (QED) is 0.551. The van der Waals surface area contributed by atoms with E-state index in [1.165, 1.54) is 11.9 Å². The zero-order chi connectivity index (χ0) is 11.6. The van der Waals surface area contributed by atoms with Gasteiger partial charge in [-0.3, -0.25) is 9.59 Å². The number of likely N-dealkylation sites (tertiary alicyclic amines) is 1. The Morgan fingerprint density at radius 1 is 1.40 bits per heavy atom. The number of nitrogens with one attached hydrogen (secondary N) is 1. The van der Waals surface area contributed by atoms with E-state index in [0.29, 0.717) is 13.0 Å². The van der Waals surface area contributed by atoms with E-state index in [-0.39, 0.29) is 12.5 Å². The molecule has 1 rings (SSSR count). The Morgan fingerprint density at radius 2 is 2.00 bits per heavy atom. The Morgan fingerprint density at radius 3 is 2.47 bits per heavy atom. The lowest BCUT2D eigenvalue weighted by Crippen LogP contribution is -2.41. The lowest BCUT2D eigenvalue weighted by molar-refractivity contribution is -0.155. The van der Waals surface area contributed by atoms with Crippen LogP contribution in [0.3, 0.4) is 0 Å². The van der Waals surface area contributed by atoms with Gasteiger partial charge in [0, 0.05) is 20.1 Å². The minimum absolute atomic E-state index is 0.164. The van der Waals surface area contributed by atoms with Crippen molar-refractivity contribution in [1.29, 1.82) is 0 Å². The number of carbonyl (C=O) groups is 3. The first-order valence-electron chi connectivity index (χ1n) is 4.65. The molecule has 1 unspecified atom stereocenters. The molecule has 0 aliphatic carbocycles. The highest BCUT2D eigenvalue weighted by Gasteiger charge is 2.42. The number of hydrogen-bond acceptors (Lipinski definition) is 3. The van der Waals surface area contributed by atoms with Crippen molar-refractivity contribution in [3.8, 4) is 0 Å². The number of carboxylic acid groups (broad SMARTS) is 1. The molecule has 2 amide bonds. The molecule has 6 heteroatoms. The van der Waals surface area contributed by atoms with E-state index in [0.717, 1.165) is 0 Å². The molecule has 1 heterocycles. The number of carboxylic acids is 1. The Bertz CT molecular complexity index is 315. The van der Waals surface area contributed by atoms with E-state index in [9.17, 15) is 14.4 Å². The highest BCUT2D eigenvalue weighted by atomic mass is 16.4. The van der Waals surface area contributed by atoms with Gasteiger partial charge in [0.2, 0.25) is 5.91 Å². The van der Waals surface area contributed by atoms with Gasteiger partial charge in [0.05, 0.1) is 5.41 Å². The molecule has 0 saturated carbocycles. The van der Waals surface area contributed by atoms with Crippen molar-refractivity contribution in [2.75, 3.05) is 20.1 Å². The third-order valence-corrected chi connectivity index (χ3v) is 2.72. The predicted octanol–water partition coefficient (Wildman–Crippen LogP) is -0.944. The summed E-state index contributed by atoms with van der Waals surface area (Å²) in [5.74, 6) is -2.58. The summed E-state index contributed by atoms with van der Waals surface area (Å²) in [7, 11) is 1.52. The van der Waals surface area contributed by atoms with E-state index in [4.69, 9.17) is 5.11 Å². The van der Waals surface area contributed by atoms with E-state index in [1.807, 2.05) is 0 Å². The molecule has 0 aromatic carbocycles. The molecular formula is C9H14N2O4. The van der Waals surface area contributed by atoms with Crippen LogP contribution in [0.25, 0.3) is 0 Å². The summed E-state index contributed by atoms with van der Waals surface area (Å²) in [4.78, 5) is 34.3. The Labute approximate surface area is 87.2 Å². The van der Waals surface area contributed by atoms with Gasteiger partial charge in [-0.2, -0.15) is 0 Å². The van der Waals surface area contributed by atoms with E-state index >= 15 is 0 Å². The summed E-state index contributed by atoms with van der Waals surface area (Å²) >= 11 is 0. The maximum Gasteiger partial charge on any atom is 0.394 e. The molecule has 6 nitrogen and oxygen atoms in total. The predicted molar refractivity (Wildman–Crippen MR) is 51.0 cm³/mol. The zero-order valence-corrected chi connectivity index (χ0v) is 8.74. The molecule has 0 bridgehead atoms. The average Bonchev–Trinajstić information content (AvgIpc) is 2.59. The molecule has 0 aromatic rings. The molecule has 2 N–H and O–H groups in total. The molecular weight excluding hydrogens is 200 g/mol. The maximum atomic E-state index is 11.5. The van der Waals surface area contributed by atoms with Crippen LogP contribution in [0, 0.1) is 5.41 Å². The van der Waals surface area contributed by atoms with Crippen molar-refractivity contribution in [3.63, 3.8) is 0 Å². The standard InChI is InChI=1S/C9H14N2O4/c1-9(8(15)10-2)3-4-11(5-9)6(12)7(13)14/h3-5H2,1-2H3,(H,10,15)(H,13,14). The first-order chi connectivity index (χ1) is 6.90. The molecule has 1 aliphatic rings. The fourth-order valence-corrected chi connectivity index (χ4v) is 1.76. The highest BCUT2D eigenvalue weighted by molar-refractivity contribution is 6.31. The Kier molecular flexibility index (Phi) is 2.97. The molecule has 1 atom stereocenters. The summed E-state index contributed by atoms with van der Waals surface area (Å²) in [6, 6.07) is 0. The minimum atomic E-state index is -1.48. The SMILES string of the molecule is CNC(=O)C1(C)CCN(C(=O)C(=O)O)C1. The van der Waals surface area contributed by atoms with E-state index in [2.05, 4.69) is 5.32 Å². The van der Waals surface area contributed by atoms with Crippen molar-refractivity contribution in [2.45, 2.75) is 13.3 Å². The molecule has 1 saturated heterocycles. The maximum absolute atomic E-state index is 11.5. The summed E-state index contributed by atoms with van der Waals surface area (Å²) in [6.07, 6.45) is 0.492. The van der Waals surface area contributed by atoms with Crippen LogP contribution in [0.1, 0.15) is 13.3 Å². The summed E-state index contributed by atoms with van der Waals surface area (Å²) in [6.45, 7) is 2.20. The Hall–Kier alpha value is -1.59. The normalized spacial score (nSPS) is 25.1. The molecule has 1 fully saturated rings. The highest BCUT2D eigenvalue weighted by Crippen LogP contribution is 2.29. The number of rotatable bonds is 1. The second-order valence-corrected chi connectivity index (χ2v) is 3.92. The summed E-state index contributed by atoms with van der Waals surface area (Å²) in [5, 5.41) is 11.0. The van der Waals surface area contributed by atoms with Crippen molar-refractivity contribution < 1.29 is 19.5 Å². The number of nitrogens with zero attached hydrogens (tertiary/aromatic N) is 1. The van der Waals surface area contributed by atoms with Gasteiger partial charge in [0.1, 0.15) is 0 Å². The number of amides is 2. The van der Waals surface area contributed by atoms with Crippen LogP contribution in [0.15, 0.2) is 0 Å². The average molecular weight is 214 g/mol. The van der Waals surface area contributed by atoms with Crippen LogP contribution in [0.2, 0.25) is 0 Å². The lowest BCUT2D eigenvalue weighted by Gasteiger charge is -2.21.